The number of carbonyl (C=O) groups is 1. The summed E-state index contributed by atoms with van der Waals surface area (Å²) >= 11 is 6.13. The fraction of sp³-hybridized carbons (Fsp3) is 0.111. The summed E-state index contributed by atoms with van der Waals surface area (Å²) in [7, 11) is 1.29. The Balaban J connectivity index is 1.64. The van der Waals surface area contributed by atoms with Crippen LogP contribution in [-0.2, 0) is 9.53 Å². The number of benzene rings is 3. The lowest BCUT2D eigenvalue weighted by molar-refractivity contribution is -0.147. The zero-order valence-corrected chi connectivity index (χ0v) is 20.1. The van der Waals surface area contributed by atoms with Crippen LogP contribution >= 0.6 is 11.6 Å². The second-order valence-electron chi connectivity index (χ2n) is 7.93. The maximum atomic E-state index is 13.5. The van der Waals surface area contributed by atoms with Gasteiger partial charge in [-0.15, -0.1) is 0 Å². The van der Waals surface area contributed by atoms with Gasteiger partial charge in [0, 0.05) is 16.0 Å². The van der Waals surface area contributed by atoms with Crippen molar-refractivity contribution in [3.8, 4) is 17.3 Å². The molecule has 0 radical (unpaired) electrons. The van der Waals surface area contributed by atoms with Gasteiger partial charge in [0.25, 0.3) is 5.56 Å². The zero-order chi connectivity index (χ0) is 25.2. The average Bonchev–Trinajstić information content (AvgIpc) is 3.31. The first-order valence-corrected chi connectivity index (χ1v) is 11.4. The lowest BCUT2D eigenvalue weighted by atomic mass is 10.2. The van der Waals surface area contributed by atoms with Crippen molar-refractivity contribution in [3.63, 3.8) is 0 Å². The third-order valence-electron chi connectivity index (χ3n) is 5.52. The molecule has 0 unspecified atom stereocenters. The highest BCUT2D eigenvalue weighted by atomic mass is 35.5. The van der Waals surface area contributed by atoms with Gasteiger partial charge in [0.2, 0.25) is 5.82 Å². The maximum absolute atomic E-state index is 13.5. The van der Waals surface area contributed by atoms with Gasteiger partial charge >= 0.3 is 5.97 Å². The van der Waals surface area contributed by atoms with Gasteiger partial charge in [0.15, 0.2) is 11.9 Å². The molecular formula is C27H20ClN3O5. The molecule has 2 heterocycles. The van der Waals surface area contributed by atoms with Crippen molar-refractivity contribution in [1.29, 1.82) is 0 Å². The molecule has 0 fully saturated rings. The summed E-state index contributed by atoms with van der Waals surface area (Å²) in [4.78, 5) is 29.9. The third-order valence-corrected chi connectivity index (χ3v) is 5.76. The number of rotatable bonds is 6. The van der Waals surface area contributed by atoms with Crippen LogP contribution in [0.4, 0.5) is 0 Å². The molecule has 180 valence electrons. The summed E-state index contributed by atoms with van der Waals surface area (Å²) in [6.07, 6.45) is 0.646. The summed E-state index contributed by atoms with van der Waals surface area (Å²) < 4.78 is 17.7. The Morgan fingerprint density at radius 3 is 2.72 bits per heavy atom. The van der Waals surface area contributed by atoms with Crippen LogP contribution in [0.15, 0.2) is 87.1 Å². The van der Waals surface area contributed by atoms with Gasteiger partial charge in [0.1, 0.15) is 11.3 Å². The summed E-state index contributed by atoms with van der Waals surface area (Å²) in [6.45, 7) is 1.59. The first kappa shape index (κ1) is 23.3. The molecule has 0 N–H and O–H groups in total. The second kappa shape index (κ2) is 9.67. The van der Waals surface area contributed by atoms with Crippen molar-refractivity contribution in [3.05, 3.63) is 93.7 Å². The molecule has 0 saturated heterocycles. The zero-order valence-electron chi connectivity index (χ0n) is 19.3. The number of furan rings is 1. The van der Waals surface area contributed by atoms with Crippen LogP contribution in [0, 0.1) is 0 Å². The normalized spacial score (nSPS) is 12.3. The second-order valence-corrected chi connectivity index (χ2v) is 8.36. The van der Waals surface area contributed by atoms with E-state index in [1.807, 2.05) is 0 Å². The number of aromatic nitrogens is 2. The van der Waals surface area contributed by atoms with Crippen molar-refractivity contribution in [2.45, 2.75) is 13.0 Å². The number of fused-ring (bicyclic) bond motifs is 2. The molecular weight excluding hydrogens is 482 g/mol. The van der Waals surface area contributed by atoms with E-state index in [-0.39, 0.29) is 11.4 Å². The van der Waals surface area contributed by atoms with Gasteiger partial charge in [-0.1, -0.05) is 35.9 Å². The Bertz CT molecular complexity index is 1690. The third kappa shape index (κ3) is 4.46. The first-order chi connectivity index (χ1) is 17.4. The number of ether oxygens (including phenoxy) is 2. The predicted molar refractivity (Wildman–Crippen MR) is 138 cm³/mol. The molecule has 0 aliphatic rings. The highest BCUT2D eigenvalue weighted by Gasteiger charge is 2.18. The minimum absolute atomic E-state index is 0.226. The first-order valence-electron chi connectivity index (χ1n) is 11.0. The lowest BCUT2D eigenvalue weighted by Crippen LogP contribution is -2.25. The molecule has 5 rings (SSSR count). The summed E-state index contributed by atoms with van der Waals surface area (Å²) in [6, 6.07) is 21.0. The number of halogens is 1. The number of methoxy groups -OCH3 is 1. The lowest BCUT2D eigenvalue weighted by Gasteiger charge is -2.14. The molecule has 0 aliphatic heterocycles. The highest BCUT2D eigenvalue weighted by molar-refractivity contribution is 6.31. The SMILES string of the molecule is COC(=O)[C@H](C)Oc1ccccc1C=Nn1c(-c2cc3cc(Cl)ccc3o2)nc2ccccc2c1=O. The summed E-state index contributed by atoms with van der Waals surface area (Å²) in [5.74, 6) is 0.476. The molecule has 3 aromatic carbocycles. The quantitative estimate of drug-likeness (QED) is 0.232. The van der Waals surface area contributed by atoms with Crippen molar-refractivity contribution < 1.29 is 18.7 Å². The van der Waals surface area contributed by atoms with Crippen LogP contribution in [0.1, 0.15) is 12.5 Å². The van der Waals surface area contributed by atoms with Gasteiger partial charge in [-0.25, -0.2) is 9.78 Å². The van der Waals surface area contributed by atoms with Gasteiger partial charge in [-0.05, 0) is 55.5 Å². The molecule has 0 spiro atoms. The maximum Gasteiger partial charge on any atom is 0.346 e. The molecule has 36 heavy (non-hydrogen) atoms. The Morgan fingerprint density at radius 1 is 1.11 bits per heavy atom. The summed E-state index contributed by atoms with van der Waals surface area (Å²) in [5.41, 5.74) is 1.29. The monoisotopic (exact) mass is 501 g/mol. The molecule has 0 aliphatic carbocycles. The van der Waals surface area contributed by atoms with Crippen LogP contribution in [0.5, 0.6) is 5.75 Å². The van der Waals surface area contributed by atoms with Gasteiger partial charge < -0.3 is 13.9 Å². The van der Waals surface area contributed by atoms with Gasteiger partial charge in [-0.3, -0.25) is 4.79 Å². The number of nitrogens with zero attached hydrogens (tertiary/aromatic N) is 3. The van der Waals surface area contributed by atoms with E-state index in [2.05, 4.69) is 10.1 Å². The minimum atomic E-state index is -0.826. The molecule has 2 aromatic heterocycles. The fourth-order valence-electron chi connectivity index (χ4n) is 3.73. The van der Waals surface area contributed by atoms with Crippen molar-refractivity contribution >= 4 is 45.7 Å². The number of para-hydroxylation sites is 2. The van der Waals surface area contributed by atoms with Gasteiger partial charge in [-0.2, -0.15) is 9.78 Å². The van der Waals surface area contributed by atoms with E-state index in [1.54, 1.807) is 79.7 Å². The van der Waals surface area contributed by atoms with Crippen molar-refractivity contribution in [2.24, 2.45) is 5.10 Å². The number of esters is 1. The van der Waals surface area contributed by atoms with E-state index >= 15 is 0 Å². The van der Waals surface area contributed by atoms with Crippen LogP contribution in [0.25, 0.3) is 33.5 Å². The molecule has 8 nitrogen and oxygen atoms in total. The molecule has 0 bridgehead atoms. The Morgan fingerprint density at radius 2 is 1.89 bits per heavy atom. The Hall–Kier alpha value is -4.43. The van der Waals surface area contributed by atoms with Crippen molar-refractivity contribution in [2.75, 3.05) is 7.11 Å². The van der Waals surface area contributed by atoms with Crippen LogP contribution in [0.3, 0.4) is 0 Å². The van der Waals surface area contributed by atoms with Crippen LogP contribution < -0.4 is 10.3 Å². The Kier molecular flexibility index (Phi) is 6.26. The predicted octanol–water partition coefficient (Wildman–Crippen LogP) is 5.29. The molecule has 5 aromatic rings. The number of hydrogen-bond acceptors (Lipinski definition) is 7. The van der Waals surface area contributed by atoms with E-state index in [0.717, 1.165) is 5.39 Å². The van der Waals surface area contributed by atoms with E-state index < -0.39 is 12.1 Å². The largest absolute Gasteiger partial charge is 0.478 e. The number of hydrogen-bond donors (Lipinski definition) is 0. The van der Waals surface area contributed by atoms with Crippen LogP contribution in [0.2, 0.25) is 5.02 Å². The fourth-order valence-corrected chi connectivity index (χ4v) is 3.91. The van der Waals surface area contributed by atoms with E-state index in [1.165, 1.54) is 18.0 Å². The Labute approximate surface area is 210 Å². The molecule has 0 amide bonds. The molecule has 9 heteroatoms. The average molecular weight is 502 g/mol. The standard InChI is InChI=1S/C27H20ClN3O5/c1-16(27(33)34-2)35-22-10-6-3-7-17(22)15-29-31-25(30-21-9-5-4-8-20(21)26(31)32)24-14-18-13-19(28)11-12-23(18)36-24/h3-16H,1-2H3/t16-/m0/s1. The topological polar surface area (TPSA) is 95.9 Å². The molecule has 1 atom stereocenters. The highest BCUT2D eigenvalue weighted by Crippen LogP contribution is 2.29. The van der Waals surface area contributed by atoms with Crippen molar-refractivity contribution in [1.82, 2.24) is 9.66 Å². The van der Waals surface area contributed by atoms with E-state index in [9.17, 15) is 9.59 Å². The number of carbonyl (C=O) groups excluding carboxylic acids is 1. The smallest absolute Gasteiger partial charge is 0.346 e. The summed E-state index contributed by atoms with van der Waals surface area (Å²) in [5, 5.41) is 6.20. The molecule has 0 saturated carbocycles. The van der Waals surface area contributed by atoms with E-state index in [0.29, 0.717) is 38.6 Å². The minimum Gasteiger partial charge on any atom is -0.478 e. The van der Waals surface area contributed by atoms with E-state index in [4.69, 9.17) is 25.5 Å². The van der Waals surface area contributed by atoms with Crippen LogP contribution in [-0.4, -0.2) is 35.1 Å². The van der Waals surface area contributed by atoms with Gasteiger partial charge in [0.05, 0.1) is 24.2 Å².